The number of rotatable bonds is 5. The van der Waals surface area contributed by atoms with Gasteiger partial charge in [-0.3, -0.25) is 0 Å². The zero-order chi connectivity index (χ0) is 18.4. The molecule has 0 aromatic heterocycles. The van der Waals surface area contributed by atoms with Gasteiger partial charge in [0.2, 0.25) is 0 Å². The van der Waals surface area contributed by atoms with Crippen molar-refractivity contribution in [3.8, 4) is 0 Å². The molecule has 3 aromatic carbocycles. The number of carboxylic acid groups (broad SMARTS) is 1. The summed E-state index contributed by atoms with van der Waals surface area (Å²) in [4.78, 5) is 11.8. The molecule has 0 aliphatic carbocycles. The van der Waals surface area contributed by atoms with Gasteiger partial charge in [-0.25, -0.2) is 4.79 Å². The van der Waals surface area contributed by atoms with E-state index < -0.39 is 5.97 Å². The summed E-state index contributed by atoms with van der Waals surface area (Å²) in [7, 11) is 0. The highest BCUT2D eigenvalue weighted by Crippen LogP contribution is 2.25. The first kappa shape index (κ1) is 17.4. The van der Waals surface area contributed by atoms with Gasteiger partial charge in [0.25, 0.3) is 0 Å². The van der Waals surface area contributed by atoms with Crippen molar-refractivity contribution < 1.29 is 9.90 Å². The fraction of sp³-hybridized carbons (Fsp3) is 0.0417. The van der Waals surface area contributed by atoms with Crippen molar-refractivity contribution in [2.75, 3.05) is 0 Å². The monoisotopic (exact) mass is 340 g/mol. The van der Waals surface area contributed by atoms with Gasteiger partial charge in [-0.2, -0.15) is 0 Å². The lowest BCUT2D eigenvalue weighted by atomic mass is 9.96. The summed E-state index contributed by atoms with van der Waals surface area (Å²) in [5.41, 5.74) is 5.14. The van der Waals surface area contributed by atoms with Crippen LogP contribution in [0.3, 0.4) is 0 Å². The first-order valence-corrected chi connectivity index (χ1v) is 8.48. The summed E-state index contributed by atoms with van der Waals surface area (Å²) in [5.74, 6) is -0.939. The van der Waals surface area contributed by atoms with Crippen molar-refractivity contribution in [3.63, 3.8) is 0 Å². The molecule has 0 fully saturated rings. The molecule has 0 heterocycles. The van der Waals surface area contributed by atoms with Crippen molar-refractivity contribution in [2.24, 2.45) is 0 Å². The Morgan fingerprint density at radius 2 is 1.19 bits per heavy atom. The lowest BCUT2D eigenvalue weighted by Crippen LogP contribution is -1.99. The van der Waals surface area contributed by atoms with Crippen LogP contribution in [-0.4, -0.2) is 11.1 Å². The van der Waals surface area contributed by atoms with E-state index in [-0.39, 0.29) is 5.57 Å². The minimum atomic E-state index is -0.939. The van der Waals surface area contributed by atoms with Gasteiger partial charge in [0.1, 0.15) is 0 Å². The first-order chi connectivity index (χ1) is 12.6. The van der Waals surface area contributed by atoms with Crippen LogP contribution in [0.25, 0.3) is 11.1 Å². The van der Waals surface area contributed by atoms with E-state index in [1.165, 1.54) is 0 Å². The van der Waals surface area contributed by atoms with Gasteiger partial charge in [0, 0.05) is 0 Å². The van der Waals surface area contributed by atoms with Crippen LogP contribution in [0.2, 0.25) is 0 Å². The van der Waals surface area contributed by atoms with Gasteiger partial charge < -0.3 is 5.11 Å². The van der Waals surface area contributed by atoms with Crippen LogP contribution < -0.4 is 0 Å². The van der Waals surface area contributed by atoms with Gasteiger partial charge in [-0.1, -0.05) is 96.6 Å². The molecule has 128 valence electrons. The molecule has 26 heavy (non-hydrogen) atoms. The zero-order valence-corrected chi connectivity index (χ0v) is 14.6. The van der Waals surface area contributed by atoms with E-state index in [0.29, 0.717) is 5.56 Å². The lowest BCUT2D eigenvalue weighted by Gasteiger charge is -2.08. The minimum absolute atomic E-state index is 0.273. The highest BCUT2D eigenvalue weighted by Gasteiger charge is 2.10. The Hall–Kier alpha value is -3.39. The first-order valence-electron chi connectivity index (χ1n) is 8.48. The second kappa shape index (κ2) is 8.13. The fourth-order valence-electron chi connectivity index (χ4n) is 2.79. The van der Waals surface area contributed by atoms with Gasteiger partial charge in [-0.05, 0) is 35.3 Å². The Labute approximate surface area is 153 Å². The van der Waals surface area contributed by atoms with Gasteiger partial charge in [0.05, 0.1) is 5.57 Å². The molecule has 0 radical (unpaired) electrons. The molecule has 0 unspecified atom stereocenters. The van der Waals surface area contributed by atoms with Gasteiger partial charge in [-0.15, -0.1) is 0 Å². The Morgan fingerprint density at radius 1 is 0.692 bits per heavy atom. The molecule has 0 aliphatic rings. The Kier molecular flexibility index (Phi) is 5.45. The third-order valence-corrected chi connectivity index (χ3v) is 4.18. The number of aliphatic carboxylic acids is 1. The van der Waals surface area contributed by atoms with E-state index in [2.05, 4.69) is 0 Å². The maximum absolute atomic E-state index is 11.8. The molecular weight excluding hydrogens is 320 g/mol. The van der Waals surface area contributed by atoms with Crippen molar-refractivity contribution in [2.45, 2.75) is 6.92 Å². The Bertz CT molecular complexity index is 893. The number of hydrogen-bond donors (Lipinski definition) is 1. The summed E-state index contributed by atoms with van der Waals surface area (Å²) in [6.45, 7) is 1.98. The molecule has 1 N–H and O–H groups in total. The molecule has 3 aromatic rings. The minimum Gasteiger partial charge on any atom is -0.478 e. The molecule has 2 nitrogen and oxygen atoms in total. The summed E-state index contributed by atoms with van der Waals surface area (Å²) < 4.78 is 0. The van der Waals surface area contributed by atoms with Crippen molar-refractivity contribution >= 4 is 17.1 Å². The largest absolute Gasteiger partial charge is 0.478 e. The molecule has 0 spiro atoms. The summed E-state index contributed by atoms with van der Waals surface area (Å²) in [5, 5.41) is 9.65. The van der Waals surface area contributed by atoms with Crippen LogP contribution in [0.1, 0.15) is 22.3 Å². The quantitative estimate of drug-likeness (QED) is 0.485. The van der Waals surface area contributed by atoms with Gasteiger partial charge >= 0.3 is 5.97 Å². The molecule has 3 rings (SSSR count). The van der Waals surface area contributed by atoms with E-state index in [4.69, 9.17) is 0 Å². The topological polar surface area (TPSA) is 37.3 Å². The fourth-order valence-corrected chi connectivity index (χ4v) is 2.79. The molecular formula is C24H20O2. The highest BCUT2D eigenvalue weighted by molar-refractivity contribution is 6.16. The standard InChI is InChI=1S/C24H20O2/c1-18-12-14-21(15-13-18)23(24(25)26)17-16-22(19-8-4-2-5-9-19)20-10-6-3-7-11-20/h2-17H,1H3,(H,25,26)/b23-17+. The normalized spacial score (nSPS) is 11.0. The molecule has 0 saturated carbocycles. The third kappa shape index (κ3) is 4.17. The molecule has 2 heteroatoms. The highest BCUT2D eigenvalue weighted by atomic mass is 16.4. The second-order valence-corrected chi connectivity index (χ2v) is 6.06. The van der Waals surface area contributed by atoms with Crippen LogP contribution in [-0.2, 0) is 4.79 Å². The molecule has 0 atom stereocenters. The smallest absolute Gasteiger partial charge is 0.336 e. The van der Waals surface area contributed by atoms with Crippen molar-refractivity contribution in [1.29, 1.82) is 0 Å². The number of hydrogen-bond acceptors (Lipinski definition) is 1. The van der Waals surface area contributed by atoms with Crippen LogP contribution in [0.5, 0.6) is 0 Å². The number of aryl methyl sites for hydroxylation is 1. The summed E-state index contributed by atoms with van der Waals surface area (Å²) >= 11 is 0. The van der Waals surface area contributed by atoms with E-state index in [0.717, 1.165) is 22.3 Å². The van der Waals surface area contributed by atoms with Crippen molar-refractivity contribution in [1.82, 2.24) is 0 Å². The maximum atomic E-state index is 11.8. The number of carboxylic acids is 1. The average Bonchev–Trinajstić information content (AvgIpc) is 2.67. The molecule has 0 aliphatic heterocycles. The SMILES string of the molecule is Cc1ccc(/C(=C\C=C(c2ccccc2)c2ccccc2)C(=O)O)cc1. The molecule has 0 amide bonds. The average molecular weight is 340 g/mol. The maximum Gasteiger partial charge on any atom is 0.336 e. The van der Waals surface area contributed by atoms with E-state index in [1.807, 2.05) is 97.9 Å². The van der Waals surface area contributed by atoms with E-state index in [9.17, 15) is 9.90 Å². The number of allylic oxidation sites excluding steroid dienone is 2. The second-order valence-electron chi connectivity index (χ2n) is 6.06. The summed E-state index contributed by atoms with van der Waals surface area (Å²) in [6, 6.07) is 27.5. The third-order valence-electron chi connectivity index (χ3n) is 4.18. The number of benzene rings is 3. The van der Waals surface area contributed by atoms with E-state index in [1.54, 1.807) is 6.08 Å². The van der Waals surface area contributed by atoms with Crippen molar-refractivity contribution in [3.05, 3.63) is 119 Å². The number of carbonyl (C=O) groups is 1. The molecule has 0 bridgehead atoms. The Morgan fingerprint density at radius 3 is 1.65 bits per heavy atom. The molecule has 0 saturated heterocycles. The van der Waals surface area contributed by atoms with Crippen LogP contribution >= 0.6 is 0 Å². The van der Waals surface area contributed by atoms with Crippen LogP contribution in [0.4, 0.5) is 0 Å². The predicted octanol–water partition coefficient (Wildman–Crippen LogP) is 5.59. The predicted molar refractivity (Wildman–Crippen MR) is 107 cm³/mol. The zero-order valence-electron chi connectivity index (χ0n) is 14.6. The Balaban J connectivity index is 2.10. The summed E-state index contributed by atoms with van der Waals surface area (Å²) in [6.07, 6.45) is 3.57. The van der Waals surface area contributed by atoms with Crippen LogP contribution in [0.15, 0.2) is 97.1 Å². The van der Waals surface area contributed by atoms with E-state index >= 15 is 0 Å². The lowest BCUT2D eigenvalue weighted by molar-refractivity contribution is -0.130. The van der Waals surface area contributed by atoms with Crippen LogP contribution in [0, 0.1) is 6.92 Å². The van der Waals surface area contributed by atoms with Gasteiger partial charge in [0.15, 0.2) is 0 Å².